The third-order valence-electron chi connectivity index (χ3n) is 3.41. The Labute approximate surface area is 95.5 Å². The lowest BCUT2D eigenvalue weighted by atomic mass is 9.76. The van der Waals surface area contributed by atoms with Gasteiger partial charge in [-0.15, -0.1) is 0 Å². The molecule has 0 heterocycles. The average molecular weight is 219 g/mol. The van der Waals surface area contributed by atoms with Crippen molar-refractivity contribution in [3.8, 4) is 0 Å². The van der Waals surface area contributed by atoms with E-state index in [9.17, 15) is 9.90 Å². The number of aliphatic carboxylic acids is 1. The number of nitrogens with one attached hydrogen (secondary N) is 1. The number of carbonyl (C=O) groups is 1. The van der Waals surface area contributed by atoms with E-state index >= 15 is 0 Å². The van der Waals surface area contributed by atoms with Crippen LogP contribution in [-0.4, -0.2) is 16.6 Å². The highest BCUT2D eigenvalue weighted by molar-refractivity contribution is 5.80. The molecule has 0 amide bonds. The summed E-state index contributed by atoms with van der Waals surface area (Å²) in [5.41, 5.74) is 0.449. The third kappa shape index (κ3) is 1.95. The highest BCUT2D eigenvalue weighted by atomic mass is 16.4. The fourth-order valence-corrected chi connectivity index (χ4v) is 2.19. The predicted molar refractivity (Wildman–Crippen MR) is 62.2 cm³/mol. The van der Waals surface area contributed by atoms with E-state index in [-0.39, 0.29) is 6.04 Å². The Morgan fingerprint density at radius 3 is 2.44 bits per heavy atom. The van der Waals surface area contributed by atoms with Crippen molar-refractivity contribution >= 4 is 5.97 Å². The quantitative estimate of drug-likeness (QED) is 0.817. The fraction of sp³-hybridized carbons (Fsp3) is 0.462. The second-order valence-corrected chi connectivity index (χ2v) is 4.52. The van der Waals surface area contributed by atoms with Gasteiger partial charge in [0, 0.05) is 6.04 Å². The normalized spacial score (nSPS) is 19.8. The first-order valence-corrected chi connectivity index (χ1v) is 5.70. The highest BCUT2D eigenvalue weighted by Gasteiger charge is 2.45. The number of hydrogen-bond acceptors (Lipinski definition) is 2. The number of rotatable bonds is 4. The van der Waals surface area contributed by atoms with Gasteiger partial charge in [0.05, 0.1) is 0 Å². The number of carboxylic acid groups (broad SMARTS) is 1. The smallest absolute Gasteiger partial charge is 0.323 e. The second-order valence-electron chi connectivity index (χ2n) is 4.52. The molecule has 1 aromatic carbocycles. The summed E-state index contributed by atoms with van der Waals surface area (Å²) in [5, 5.41) is 12.5. The van der Waals surface area contributed by atoms with Gasteiger partial charge in [-0.05, 0) is 31.7 Å². The van der Waals surface area contributed by atoms with Crippen LogP contribution in [0.25, 0.3) is 0 Å². The van der Waals surface area contributed by atoms with Gasteiger partial charge >= 0.3 is 5.97 Å². The minimum atomic E-state index is -0.721. The summed E-state index contributed by atoms with van der Waals surface area (Å²) >= 11 is 0. The van der Waals surface area contributed by atoms with Crippen LogP contribution in [0.5, 0.6) is 0 Å². The first-order valence-electron chi connectivity index (χ1n) is 5.70. The molecule has 3 nitrogen and oxygen atoms in total. The lowest BCUT2D eigenvalue weighted by Crippen LogP contribution is -2.57. The fourth-order valence-electron chi connectivity index (χ4n) is 2.19. The summed E-state index contributed by atoms with van der Waals surface area (Å²) in [7, 11) is 0. The van der Waals surface area contributed by atoms with E-state index in [1.54, 1.807) is 0 Å². The van der Waals surface area contributed by atoms with Gasteiger partial charge in [-0.1, -0.05) is 30.3 Å². The van der Waals surface area contributed by atoms with Crippen molar-refractivity contribution in [1.82, 2.24) is 5.32 Å². The van der Waals surface area contributed by atoms with E-state index in [2.05, 4.69) is 5.32 Å². The summed E-state index contributed by atoms with van der Waals surface area (Å²) < 4.78 is 0. The summed E-state index contributed by atoms with van der Waals surface area (Å²) in [4.78, 5) is 11.2. The molecule has 1 saturated carbocycles. The summed E-state index contributed by atoms with van der Waals surface area (Å²) in [5.74, 6) is -0.721. The molecular formula is C13H17NO2. The molecule has 1 fully saturated rings. The van der Waals surface area contributed by atoms with Crippen molar-refractivity contribution in [2.24, 2.45) is 0 Å². The van der Waals surface area contributed by atoms with Gasteiger partial charge in [-0.2, -0.15) is 0 Å². The van der Waals surface area contributed by atoms with Gasteiger partial charge in [0.1, 0.15) is 5.54 Å². The minimum Gasteiger partial charge on any atom is -0.480 e. The van der Waals surface area contributed by atoms with Crippen molar-refractivity contribution in [3.05, 3.63) is 35.9 Å². The lowest BCUT2D eigenvalue weighted by molar-refractivity contribution is -0.149. The van der Waals surface area contributed by atoms with Crippen molar-refractivity contribution in [2.75, 3.05) is 0 Å². The molecule has 0 aromatic heterocycles. The van der Waals surface area contributed by atoms with Crippen LogP contribution >= 0.6 is 0 Å². The zero-order valence-electron chi connectivity index (χ0n) is 9.44. The zero-order valence-corrected chi connectivity index (χ0v) is 9.44. The van der Waals surface area contributed by atoms with Crippen LogP contribution in [0.15, 0.2) is 30.3 Å². The van der Waals surface area contributed by atoms with Crippen LogP contribution in [-0.2, 0) is 4.79 Å². The Kier molecular flexibility index (Phi) is 2.97. The van der Waals surface area contributed by atoms with Crippen molar-refractivity contribution < 1.29 is 9.90 Å². The molecule has 1 aliphatic carbocycles. The topological polar surface area (TPSA) is 49.3 Å². The number of carboxylic acids is 1. The third-order valence-corrected chi connectivity index (χ3v) is 3.41. The molecule has 0 bridgehead atoms. The van der Waals surface area contributed by atoms with Crippen LogP contribution in [0.4, 0.5) is 0 Å². The van der Waals surface area contributed by atoms with E-state index in [1.165, 1.54) is 0 Å². The molecule has 0 saturated heterocycles. The van der Waals surface area contributed by atoms with E-state index in [4.69, 9.17) is 0 Å². The maximum atomic E-state index is 11.2. The van der Waals surface area contributed by atoms with Gasteiger partial charge in [-0.3, -0.25) is 10.1 Å². The van der Waals surface area contributed by atoms with Crippen LogP contribution in [0.3, 0.4) is 0 Å². The highest BCUT2D eigenvalue weighted by Crippen LogP contribution is 2.34. The van der Waals surface area contributed by atoms with Gasteiger partial charge < -0.3 is 5.11 Å². The lowest BCUT2D eigenvalue weighted by Gasteiger charge is -2.40. The molecule has 2 N–H and O–H groups in total. The summed E-state index contributed by atoms with van der Waals surface area (Å²) in [6.45, 7) is 2.01. The Balaban J connectivity index is 2.07. The van der Waals surface area contributed by atoms with E-state index in [1.807, 2.05) is 37.3 Å². The zero-order chi connectivity index (χ0) is 11.6. The maximum absolute atomic E-state index is 11.2. The Bertz CT molecular complexity index is 371. The van der Waals surface area contributed by atoms with Crippen molar-refractivity contribution in [3.63, 3.8) is 0 Å². The molecule has 3 heteroatoms. The maximum Gasteiger partial charge on any atom is 0.323 e. The van der Waals surface area contributed by atoms with Crippen molar-refractivity contribution in [1.29, 1.82) is 0 Å². The SMILES string of the molecule is C[C@@H](NC1(C(=O)O)CCC1)c1ccccc1. The Morgan fingerprint density at radius 2 is 2.00 bits per heavy atom. The standard InChI is InChI=1S/C13H17NO2/c1-10(11-6-3-2-4-7-11)14-13(12(15)16)8-5-9-13/h2-4,6-7,10,14H,5,8-9H2,1H3,(H,15,16)/t10-/m1/s1. The Morgan fingerprint density at radius 1 is 1.38 bits per heavy atom. The van der Waals surface area contributed by atoms with E-state index in [0.29, 0.717) is 0 Å². The van der Waals surface area contributed by atoms with Crippen LogP contribution in [0.1, 0.15) is 37.8 Å². The molecule has 1 aromatic rings. The van der Waals surface area contributed by atoms with Gasteiger partial charge in [0.15, 0.2) is 0 Å². The average Bonchev–Trinajstić information content (AvgIpc) is 2.24. The predicted octanol–water partition coefficient (Wildman–Crippen LogP) is 2.34. The molecule has 2 rings (SSSR count). The molecule has 86 valence electrons. The van der Waals surface area contributed by atoms with Crippen LogP contribution in [0.2, 0.25) is 0 Å². The monoisotopic (exact) mass is 219 g/mol. The van der Waals surface area contributed by atoms with Gasteiger partial charge in [0.2, 0.25) is 0 Å². The Hall–Kier alpha value is -1.35. The van der Waals surface area contributed by atoms with Crippen LogP contribution in [0, 0.1) is 0 Å². The molecule has 0 unspecified atom stereocenters. The van der Waals surface area contributed by atoms with Gasteiger partial charge in [0.25, 0.3) is 0 Å². The molecule has 1 aliphatic rings. The molecule has 1 atom stereocenters. The molecule has 16 heavy (non-hydrogen) atoms. The van der Waals surface area contributed by atoms with Crippen molar-refractivity contribution in [2.45, 2.75) is 37.8 Å². The van der Waals surface area contributed by atoms with E-state index < -0.39 is 11.5 Å². The number of benzene rings is 1. The number of hydrogen-bond donors (Lipinski definition) is 2. The molecular weight excluding hydrogens is 202 g/mol. The summed E-state index contributed by atoms with van der Waals surface area (Å²) in [6.07, 6.45) is 2.47. The van der Waals surface area contributed by atoms with Gasteiger partial charge in [-0.25, -0.2) is 0 Å². The largest absolute Gasteiger partial charge is 0.480 e. The first-order chi connectivity index (χ1) is 7.64. The summed E-state index contributed by atoms with van der Waals surface area (Å²) in [6, 6.07) is 10.0. The molecule has 0 aliphatic heterocycles. The van der Waals surface area contributed by atoms with Crippen LogP contribution < -0.4 is 5.32 Å². The second kappa shape index (κ2) is 4.26. The minimum absolute atomic E-state index is 0.0811. The molecule has 0 radical (unpaired) electrons. The van der Waals surface area contributed by atoms with E-state index in [0.717, 1.165) is 24.8 Å². The molecule has 0 spiro atoms. The first kappa shape index (κ1) is 11.1.